The van der Waals surface area contributed by atoms with Gasteiger partial charge in [0.05, 0.1) is 25.1 Å². The maximum Gasteiger partial charge on any atom is 0.251 e. The van der Waals surface area contributed by atoms with Crippen molar-refractivity contribution in [1.29, 1.82) is 0 Å². The number of nitrogens with zero attached hydrogens (tertiary/aromatic N) is 1. The number of hydrogen-bond acceptors (Lipinski definition) is 3. The van der Waals surface area contributed by atoms with Crippen LogP contribution in [0.1, 0.15) is 28.0 Å². The maximum atomic E-state index is 12.1. The molecule has 0 saturated heterocycles. The van der Waals surface area contributed by atoms with Crippen LogP contribution in [0.15, 0.2) is 42.6 Å². The lowest BCUT2D eigenvalue weighted by molar-refractivity contribution is 0.0950. The van der Waals surface area contributed by atoms with E-state index in [-0.39, 0.29) is 19.1 Å². The van der Waals surface area contributed by atoms with E-state index in [2.05, 4.69) is 15.0 Å². The van der Waals surface area contributed by atoms with E-state index in [1.807, 2.05) is 12.1 Å². The van der Waals surface area contributed by atoms with Crippen LogP contribution in [0, 0.1) is 0 Å². The maximum absolute atomic E-state index is 12.1. The van der Waals surface area contributed by atoms with Crippen molar-refractivity contribution in [2.24, 2.45) is 0 Å². The van der Waals surface area contributed by atoms with Gasteiger partial charge in [-0.25, -0.2) is 4.39 Å². The summed E-state index contributed by atoms with van der Waals surface area (Å²) >= 11 is 0. The minimum Gasteiger partial charge on any atom is -0.461 e. The average Bonchev–Trinajstić information content (AvgIpc) is 2.60. The summed E-state index contributed by atoms with van der Waals surface area (Å²) < 4.78 is 28.8. The lowest BCUT2D eigenvalue weighted by Crippen LogP contribution is -2.23. The van der Waals surface area contributed by atoms with Crippen LogP contribution in [0.4, 0.5) is 8.78 Å². The van der Waals surface area contributed by atoms with Gasteiger partial charge in [-0.05, 0) is 42.7 Å². The Morgan fingerprint density at radius 3 is 2.52 bits per heavy atom. The van der Waals surface area contributed by atoms with Gasteiger partial charge < -0.3 is 10.1 Å². The van der Waals surface area contributed by atoms with Crippen LogP contribution in [0.5, 0.6) is 5.75 Å². The number of ether oxygens (including phenoxy) is 1. The summed E-state index contributed by atoms with van der Waals surface area (Å²) in [7, 11) is 0. The van der Waals surface area contributed by atoms with Gasteiger partial charge in [-0.15, -0.1) is 0 Å². The second kappa shape index (κ2) is 8.82. The smallest absolute Gasteiger partial charge is 0.251 e. The van der Waals surface area contributed by atoms with Crippen LogP contribution < -0.4 is 10.1 Å². The Bertz CT molecular complexity index is 615. The molecule has 122 valence electrons. The number of amides is 1. The molecule has 4 nitrogen and oxygen atoms in total. The molecule has 0 bridgehead atoms. The van der Waals surface area contributed by atoms with Gasteiger partial charge >= 0.3 is 0 Å². The number of halogens is 2. The van der Waals surface area contributed by atoms with Crippen LogP contribution >= 0.6 is 0 Å². The molecule has 1 N–H and O–H groups in total. The first-order valence-corrected chi connectivity index (χ1v) is 7.29. The van der Waals surface area contributed by atoms with Crippen molar-refractivity contribution in [2.45, 2.75) is 19.4 Å². The highest BCUT2D eigenvalue weighted by atomic mass is 19.1. The summed E-state index contributed by atoms with van der Waals surface area (Å²) in [6, 6.07) is 10.3. The molecule has 0 spiro atoms. The summed E-state index contributed by atoms with van der Waals surface area (Å²) in [6.07, 6.45) is 2.55. The predicted octanol–water partition coefficient (Wildman–Crippen LogP) is 3.22. The third-order valence-corrected chi connectivity index (χ3v) is 3.26. The summed E-state index contributed by atoms with van der Waals surface area (Å²) in [4.78, 5) is 16.1. The number of aryl methyl sites for hydroxylation is 1. The average molecular weight is 320 g/mol. The summed E-state index contributed by atoms with van der Waals surface area (Å²) in [5.41, 5.74) is 2.18. The number of pyridine rings is 1. The third kappa shape index (κ3) is 5.32. The lowest BCUT2D eigenvalue weighted by Gasteiger charge is -2.07. The van der Waals surface area contributed by atoms with Gasteiger partial charge in [0.25, 0.3) is 5.91 Å². The molecule has 0 radical (unpaired) electrons. The first kappa shape index (κ1) is 16.9. The highest BCUT2D eigenvalue weighted by molar-refractivity contribution is 5.94. The van der Waals surface area contributed by atoms with Crippen LogP contribution in [0.3, 0.4) is 0 Å². The Hall–Kier alpha value is -2.50. The second-order valence-corrected chi connectivity index (χ2v) is 4.91. The van der Waals surface area contributed by atoms with Crippen molar-refractivity contribution < 1.29 is 18.3 Å². The van der Waals surface area contributed by atoms with Crippen molar-refractivity contribution >= 4 is 5.91 Å². The number of rotatable bonds is 8. The van der Waals surface area contributed by atoms with Crippen LogP contribution in [0.25, 0.3) is 0 Å². The monoisotopic (exact) mass is 320 g/mol. The van der Waals surface area contributed by atoms with E-state index in [9.17, 15) is 13.6 Å². The van der Waals surface area contributed by atoms with Crippen molar-refractivity contribution in [2.75, 3.05) is 13.5 Å². The standard InChI is InChI=1S/C17H18F2N2O2/c18-9-1-2-13-3-5-14(6-4-13)17(22)21-10-15-7-8-16(11-20-15)23-12-19/h3-8,11H,1-2,9-10,12H2,(H,21,22). The van der Waals surface area contributed by atoms with Gasteiger partial charge in [0.1, 0.15) is 5.75 Å². The highest BCUT2D eigenvalue weighted by Crippen LogP contribution is 2.10. The number of hydrogen-bond donors (Lipinski definition) is 1. The van der Waals surface area contributed by atoms with Gasteiger partial charge in [-0.2, -0.15) is 0 Å². The molecule has 1 aromatic carbocycles. The molecule has 1 aromatic heterocycles. The molecular weight excluding hydrogens is 302 g/mol. The predicted molar refractivity (Wildman–Crippen MR) is 82.7 cm³/mol. The minimum atomic E-state index is -0.904. The molecule has 6 heteroatoms. The van der Waals surface area contributed by atoms with Gasteiger partial charge in [0.15, 0.2) is 0 Å². The second-order valence-electron chi connectivity index (χ2n) is 4.91. The van der Waals surface area contributed by atoms with Gasteiger partial charge in [0.2, 0.25) is 6.86 Å². The van der Waals surface area contributed by atoms with E-state index >= 15 is 0 Å². The molecule has 0 aliphatic heterocycles. The fourth-order valence-corrected chi connectivity index (χ4v) is 2.03. The molecule has 1 amide bonds. The number of nitrogens with one attached hydrogen (secondary N) is 1. The Morgan fingerprint density at radius 1 is 1.13 bits per heavy atom. The van der Waals surface area contributed by atoms with Crippen molar-refractivity contribution in [1.82, 2.24) is 10.3 Å². The molecule has 0 saturated carbocycles. The van der Waals surface area contributed by atoms with Crippen LogP contribution in [-0.4, -0.2) is 24.4 Å². The molecule has 0 unspecified atom stereocenters. The Morgan fingerprint density at radius 2 is 1.91 bits per heavy atom. The Labute approximate surface area is 133 Å². The van der Waals surface area contributed by atoms with E-state index in [1.165, 1.54) is 6.20 Å². The van der Waals surface area contributed by atoms with Crippen LogP contribution in [0.2, 0.25) is 0 Å². The zero-order valence-corrected chi connectivity index (χ0v) is 12.6. The number of carbonyl (C=O) groups is 1. The molecule has 2 rings (SSSR count). The lowest BCUT2D eigenvalue weighted by atomic mass is 10.1. The zero-order valence-electron chi connectivity index (χ0n) is 12.6. The molecule has 23 heavy (non-hydrogen) atoms. The Balaban J connectivity index is 1.86. The molecule has 0 atom stereocenters. The minimum absolute atomic E-state index is 0.215. The van der Waals surface area contributed by atoms with Gasteiger partial charge in [-0.1, -0.05) is 12.1 Å². The first-order valence-electron chi connectivity index (χ1n) is 7.29. The van der Waals surface area contributed by atoms with E-state index in [1.54, 1.807) is 24.3 Å². The zero-order chi connectivity index (χ0) is 16.5. The molecular formula is C17H18F2N2O2. The quantitative estimate of drug-likeness (QED) is 0.812. The summed E-state index contributed by atoms with van der Waals surface area (Å²) in [5.74, 6) is 0.124. The number of aromatic nitrogens is 1. The molecule has 1 heterocycles. The number of benzene rings is 1. The summed E-state index contributed by atoms with van der Waals surface area (Å²) in [5, 5.41) is 2.75. The van der Waals surface area contributed by atoms with E-state index < -0.39 is 6.86 Å². The normalized spacial score (nSPS) is 10.3. The van der Waals surface area contributed by atoms with Crippen molar-refractivity contribution in [3.63, 3.8) is 0 Å². The number of alkyl halides is 2. The van der Waals surface area contributed by atoms with Crippen LogP contribution in [-0.2, 0) is 13.0 Å². The fourth-order valence-electron chi connectivity index (χ4n) is 2.03. The molecule has 2 aromatic rings. The van der Waals surface area contributed by atoms with E-state index in [0.29, 0.717) is 29.8 Å². The molecule has 0 aliphatic rings. The SMILES string of the molecule is O=C(NCc1ccc(OCF)cn1)c1ccc(CCCF)cc1. The van der Waals surface area contributed by atoms with Gasteiger partial charge in [-0.3, -0.25) is 14.2 Å². The largest absolute Gasteiger partial charge is 0.461 e. The Kier molecular flexibility index (Phi) is 6.47. The topological polar surface area (TPSA) is 51.2 Å². The van der Waals surface area contributed by atoms with Gasteiger partial charge in [0, 0.05) is 5.56 Å². The highest BCUT2D eigenvalue weighted by Gasteiger charge is 2.06. The molecule has 0 fully saturated rings. The van der Waals surface area contributed by atoms with Crippen molar-refractivity contribution in [3.8, 4) is 5.75 Å². The fraction of sp³-hybridized carbons (Fsp3) is 0.294. The summed E-state index contributed by atoms with van der Waals surface area (Å²) in [6.45, 7) is -0.984. The van der Waals surface area contributed by atoms with Crippen molar-refractivity contribution in [3.05, 3.63) is 59.4 Å². The number of carbonyl (C=O) groups excluding carboxylic acids is 1. The first-order chi connectivity index (χ1) is 11.2. The third-order valence-electron chi connectivity index (χ3n) is 3.26. The van der Waals surface area contributed by atoms with E-state index in [4.69, 9.17) is 0 Å². The molecule has 0 aliphatic carbocycles. The van der Waals surface area contributed by atoms with E-state index in [0.717, 1.165) is 5.56 Å².